The van der Waals surface area contributed by atoms with Crippen LogP contribution in [0.4, 0.5) is 4.39 Å². The molecule has 0 bridgehead atoms. The lowest BCUT2D eigenvalue weighted by Crippen LogP contribution is -2.36. The van der Waals surface area contributed by atoms with Gasteiger partial charge in [-0.15, -0.1) is 0 Å². The maximum Gasteiger partial charge on any atom is 0.217 e. The Morgan fingerprint density at radius 2 is 1.77 bits per heavy atom. The zero-order valence-corrected chi connectivity index (χ0v) is 20.2. The van der Waals surface area contributed by atoms with Crippen LogP contribution in [-0.4, -0.2) is 40.8 Å². The number of rotatable bonds is 5. The summed E-state index contributed by atoms with van der Waals surface area (Å²) in [4.78, 5) is 0. The van der Waals surface area contributed by atoms with E-state index in [0.717, 1.165) is 35.0 Å². The molecule has 7 rings (SSSR count). The van der Waals surface area contributed by atoms with Crippen LogP contribution in [0.2, 0.25) is 0 Å². The van der Waals surface area contributed by atoms with Crippen LogP contribution < -0.4 is 0 Å². The minimum Gasteiger partial charge on any atom is -0.233 e. The van der Waals surface area contributed by atoms with Gasteiger partial charge in [-0.1, -0.05) is 30.3 Å². The van der Waals surface area contributed by atoms with Gasteiger partial charge < -0.3 is 0 Å². The topological polar surface area (TPSA) is 55.2 Å². The van der Waals surface area contributed by atoms with Crippen LogP contribution >= 0.6 is 0 Å². The normalized spacial score (nSPS) is 26.2. The summed E-state index contributed by atoms with van der Waals surface area (Å²) < 4.78 is 43.3. The van der Waals surface area contributed by atoms with Gasteiger partial charge in [-0.25, -0.2) is 21.8 Å². The SMILES string of the molecule is Cc1cc2c(cnn2-c2ccc(F)cc2)cc1[C@]12CN(S(=O)(=O)C3CC3)CC1[C@@H]2c1ccccc1. The molecule has 2 saturated carbocycles. The molecule has 3 aromatic carbocycles. The summed E-state index contributed by atoms with van der Waals surface area (Å²) in [5.74, 6) is 0.292. The van der Waals surface area contributed by atoms with Crippen molar-refractivity contribution in [2.24, 2.45) is 5.92 Å². The largest absolute Gasteiger partial charge is 0.233 e. The predicted octanol–water partition coefficient (Wildman–Crippen LogP) is 4.93. The van der Waals surface area contributed by atoms with Crippen molar-refractivity contribution < 1.29 is 12.8 Å². The Kier molecular flexibility index (Phi) is 4.40. The summed E-state index contributed by atoms with van der Waals surface area (Å²) >= 11 is 0. The maximum atomic E-state index is 13.4. The summed E-state index contributed by atoms with van der Waals surface area (Å²) in [6, 6.07) is 21.2. The highest BCUT2D eigenvalue weighted by molar-refractivity contribution is 7.90. The van der Waals surface area contributed by atoms with Gasteiger partial charge in [0.2, 0.25) is 10.0 Å². The van der Waals surface area contributed by atoms with Crippen LogP contribution in [0.15, 0.2) is 72.9 Å². The molecule has 3 fully saturated rings. The Hall–Kier alpha value is -3.03. The molecule has 35 heavy (non-hydrogen) atoms. The molecular formula is C28H26FN3O2S. The summed E-state index contributed by atoms with van der Waals surface area (Å²) in [7, 11) is -3.22. The van der Waals surface area contributed by atoms with Gasteiger partial charge in [-0.2, -0.15) is 5.10 Å². The van der Waals surface area contributed by atoms with Gasteiger partial charge in [0, 0.05) is 29.8 Å². The number of piperidine rings is 1. The van der Waals surface area contributed by atoms with E-state index in [-0.39, 0.29) is 22.4 Å². The number of sulfonamides is 1. The van der Waals surface area contributed by atoms with Crippen molar-refractivity contribution in [3.63, 3.8) is 0 Å². The molecule has 2 aliphatic carbocycles. The fourth-order valence-electron chi connectivity index (χ4n) is 6.46. The zero-order chi connectivity index (χ0) is 23.9. The van der Waals surface area contributed by atoms with E-state index in [1.807, 2.05) is 16.9 Å². The number of nitrogens with zero attached hydrogens (tertiary/aromatic N) is 3. The first-order valence-electron chi connectivity index (χ1n) is 12.2. The molecule has 1 aromatic heterocycles. The molecule has 1 saturated heterocycles. The number of aromatic nitrogens is 2. The third-order valence-electron chi connectivity index (χ3n) is 8.30. The van der Waals surface area contributed by atoms with Crippen molar-refractivity contribution in [3.8, 4) is 5.69 Å². The first kappa shape index (κ1) is 21.3. The highest BCUT2D eigenvalue weighted by atomic mass is 32.2. The minimum atomic E-state index is -3.22. The van der Waals surface area contributed by atoms with E-state index >= 15 is 0 Å². The Labute approximate surface area is 204 Å². The molecule has 1 aliphatic heterocycles. The highest BCUT2D eigenvalue weighted by Gasteiger charge is 2.72. The van der Waals surface area contributed by atoms with Gasteiger partial charge in [0.05, 0.1) is 22.7 Å². The number of hydrogen-bond donors (Lipinski definition) is 0. The standard InChI is InChI=1S/C28H26FN3O2S/c1-18-13-26-20(15-30-32(26)22-9-7-21(29)8-10-22)14-24(18)28-17-31(35(33,34)23-11-12-23)16-25(28)27(28)19-5-3-2-4-6-19/h2-10,13-15,23,25,27H,11-12,16-17H2,1H3/t25?,27-,28+/m0/s1. The quantitative estimate of drug-likeness (QED) is 0.401. The molecule has 0 radical (unpaired) electrons. The van der Waals surface area contributed by atoms with Gasteiger partial charge in [0.15, 0.2) is 0 Å². The average molecular weight is 488 g/mol. The second-order valence-electron chi connectivity index (χ2n) is 10.3. The molecule has 3 aliphatic rings. The molecule has 0 N–H and O–H groups in total. The molecule has 3 atom stereocenters. The Balaban J connectivity index is 1.34. The lowest BCUT2D eigenvalue weighted by atomic mass is 9.87. The molecule has 0 amide bonds. The van der Waals surface area contributed by atoms with E-state index in [4.69, 9.17) is 0 Å². The van der Waals surface area contributed by atoms with E-state index in [0.29, 0.717) is 19.0 Å². The summed E-state index contributed by atoms with van der Waals surface area (Å²) in [5, 5.41) is 5.41. The van der Waals surface area contributed by atoms with Crippen molar-refractivity contribution in [2.45, 2.75) is 36.3 Å². The van der Waals surface area contributed by atoms with Crippen LogP contribution in [-0.2, 0) is 15.4 Å². The zero-order valence-electron chi connectivity index (χ0n) is 19.4. The number of halogens is 1. The minimum absolute atomic E-state index is 0.190. The van der Waals surface area contributed by atoms with Crippen LogP contribution in [0.25, 0.3) is 16.6 Å². The van der Waals surface area contributed by atoms with Gasteiger partial charge in [-0.05, 0) is 78.8 Å². The van der Waals surface area contributed by atoms with E-state index in [9.17, 15) is 12.8 Å². The fraction of sp³-hybridized carbons (Fsp3) is 0.321. The molecule has 5 nitrogen and oxygen atoms in total. The molecular weight excluding hydrogens is 461 g/mol. The van der Waals surface area contributed by atoms with Gasteiger partial charge in [0.25, 0.3) is 0 Å². The number of fused-ring (bicyclic) bond motifs is 2. The molecule has 0 spiro atoms. The number of aryl methyl sites for hydroxylation is 1. The van der Waals surface area contributed by atoms with Gasteiger partial charge >= 0.3 is 0 Å². The lowest BCUT2D eigenvalue weighted by molar-refractivity contribution is 0.420. The Bertz CT molecular complexity index is 1560. The van der Waals surface area contributed by atoms with E-state index in [1.165, 1.54) is 23.3 Å². The third kappa shape index (κ3) is 3.07. The number of hydrogen-bond acceptors (Lipinski definition) is 3. The van der Waals surface area contributed by atoms with Crippen molar-refractivity contribution >= 4 is 20.9 Å². The van der Waals surface area contributed by atoms with Crippen molar-refractivity contribution in [1.82, 2.24) is 14.1 Å². The van der Waals surface area contributed by atoms with E-state index in [1.54, 1.807) is 16.4 Å². The molecule has 2 heterocycles. The molecule has 178 valence electrons. The number of benzene rings is 3. The summed E-state index contributed by atoms with van der Waals surface area (Å²) in [6.45, 7) is 3.24. The Morgan fingerprint density at radius 3 is 2.49 bits per heavy atom. The van der Waals surface area contributed by atoms with Crippen molar-refractivity contribution in [2.75, 3.05) is 13.1 Å². The Morgan fingerprint density at radius 1 is 1.03 bits per heavy atom. The monoisotopic (exact) mass is 487 g/mol. The van der Waals surface area contributed by atoms with Crippen molar-refractivity contribution in [1.29, 1.82) is 0 Å². The third-order valence-corrected chi connectivity index (χ3v) is 10.6. The fourth-order valence-corrected chi connectivity index (χ4v) is 8.37. The van der Waals surface area contributed by atoms with Gasteiger partial charge in [-0.3, -0.25) is 0 Å². The molecule has 7 heteroatoms. The average Bonchev–Trinajstić information content (AvgIpc) is 3.74. The second-order valence-corrected chi connectivity index (χ2v) is 12.5. The van der Waals surface area contributed by atoms with Crippen LogP contribution in [0.1, 0.15) is 35.4 Å². The first-order chi connectivity index (χ1) is 16.9. The highest BCUT2D eigenvalue weighted by Crippen LogP contribution is 2.70. The van der Waals surface area contributed by atoms with Crippen molar-refractivity contribution in [3.05, 3.63) is 95.4 Å². The first-order valence-corrected chi connectivity index (χ1v) is 13.7. The van der Waals surface area contributed by atoms with Crippen LogP contribution in [0.3, 0.4) is 0 Å². The summed E-state index contributed by atoms with van der Waals surface area (Å²) in [5.41, 5.74) is 5.18. The van der Waals surface area contributed by atoms with Gasteiger partial charge in [0.1, 0.15) is 5.82 Å². The molecule has 1 unspecified atom stereocenters. The smallest absolute Gasteiger partial charge is 0.217 e. The maximum absolute atomic E-state index is 13.4. The van der Waals surface area contributed by atoms with Crippen LogP contribution in [0, 0.1) is 18.7 Å². The van der Waals surface area contributed by atoms with E-state index in [2.05, 4.69) is 48.4 Å². The van der Waals surface area contributed by atoms with Crippen LogP contribution in [0.5, 0.6) is 0 Å². The lowest BCUT2D eigenvalue weighted by Gasteiger charge is -2.25. The predicted molar refractivity (Wildman–Crippen MR) is 134 cm³/mol. The summed E-state index contributed by atoms with van der Waals surface area (Å²) in [6.07, 6.45) is 3.42. The van der Waals surface area contributed by atoms with E-state index < -0.39 is 10.0 Å². The molecule has 4 aromatic rings. The second kappa shape index (κ2) is 7.24.